The van der Waals surface area contributed by atoms with E-state index in [2.05, 4.69) is 5.32 Å². The van der Waals surface area contributed by atoms with Crippen molar-refractivity contribution in [3.05, 3.63) is 58.1 Å². The number of ether oxygens (including phenoxy) is 1. The van der Waals surface area contributed by atoms with E-state index in [1.54, 1.807) is 6.07 Å². The Morgan fingerprint density at radius 1 is 1.16 bits per heavy atom. The summed E-state index contributed by atoms with van der Waals surface area (Å²) in [5.74, 6) is -0.0178. The molecule has 3 nitrogen and oxygen atoms in total. The summed E-state index contributed by atoms with van der Waals surface area (Å²) in [5, 5.41) is 1.98. The maximum absolute atomic E-state index is 12.9. The summed E-state index contributed by atoms with van der Waals surface area (Å²) in [5.41, 5.74) is 0.918. The van der Waals surface area contributed by atoms with E-state index in [4.69, 9.17) is 16.3 Å². The summed E-state index contributed by atoms with van der Waals surface area (Å²) in [7, 11) is 0. The molecule has 0 saturated carbocycles. The number of rotatable bonds is 4. The molecule has 1 amide bonds. The van der Waals surface area contributed by atoms with Gasteiger partial charge in [0.15, 0.2) is 6.10 Å². The molecule has 0 aliphatic heterocycles. The van der Waals surface area contributed by atoms with Gasteiger partial charge >= 0.3 is 6.18 Å². The number of carbonyl (C=O) groups excluding carboxylic acids is 1. The van der Waals surface area contributed by atoms with Crippen LogP contribution in [0.15, 0.2) is 36.4 Å². The zero-order chi connectivity index (χ0) is 18.8. The SMILES string of the molecule is Cc1ccc(O[C@H](C)C(=O)Nc2ccc(Cl)c(C(F)(F)F)c2)c(C)c1. The van der Waals surface area contributed by atoms with Crippen molar-refractivity contribution in [2.24, 2.45) is 0 Å². The van der Waals surface area contributed by atoms with Crippen molar-refractivity contribution in [3.8, 4) is 5.75 Å². The smallest absolute Gasteiger partial charge is 0.417 e. The van der Waals surface area contributed by atoms with E-state index in [9.17, 15) is 18.0 Å². The molecule has 1 atom stereocenters. The molecule has 0 unspecified atom stereocenters. The molecular weight excluding hydrogens is 355 g/mol. The van der Waals surface area contributed by atoms with Crippen LogP contribution in [-0.4, -0.2) is 12.0 Å². The van der Waals surface area contributed by atoms with E-state index in [0.29, 0.717) is 5.75 Å². The lowest BCUT2D eigenvalue weighted by Gasteiger charge is -2.17. The number of halogens is 4. The van der Waals surface area contributed by atoms with Crippen molar-refractivity contribution in [1.29, 1.82) is 0 Å². The number of amides is 1. The minimum atomic E-state index is -4.60. The first-order chi connectivity index (χ1) is 11.6. The second kappa shape index (κ2) is 7.35. The highest BCUT2D eigenvalue weighted by Crippen LogP contribution is 2.36. The Morgan fingerprint density at radius 2 is 1.84 bits per heavy atom. The number of anilines is 1. The summed E-state index contributed by atoms with van der Waals surface area (Å²) in [6.45, 7) is 5.31. The van der Waals surface area contributed by atoms with Gasteiger partial charge in [0.2, 0.25) is 0 Å². The van der Waals surface area contributed by atoms with Gasteiger partial charge in [0.1, 0.15) is 5.75 Å². The van der Waals surface area contributed by atoms with Gasteiger partial charge in [-0.2, -0.15) is 13.2 Å². The van der Waals surface area contributed by atoms with Gasteiger partial charge in [-0.15, -0.1) is 0 Å². The van der Waals surface area contributed by atoms with Crippen LogP contribution in [0.25, 0.3) is 0 Å². The zero-order valence-electron chi connectivity index (χ0n) is 13.9. The Labute approximate surface area is 148 Å². The average Bonchev–Trinajstić information content (AvgIpc) is 2.50. The van der Waals surface area contributed by atoms with Crippen LogP contribution in [0.5, 0.6) is 5.75 Å². The molecule has 25 heavy (non-hydrogen) atoms. The van der Waals surface area contributed by atoms with Gasteiger partial charge in [0, 0.05) is 5.69 Å². The zero-order valence-corrected chi connectivity index (χ0v) is 14.6. The molecule has 2 aromatic carbocycles. The Morgan fingerprint density at radius 3 is 2.44 bits per heavy atom. The van der Waals surface area contributed by atoms with Gasteiger partial charge in [-0.3, -0.25) is 4.79 Å². The topological polar surface area (TPSA) is 38.3 Å². The Hall–Kier alpha value is -2.21. The first kappa shape index (κ1) is 19.1. The second-order valence-corrected chi connectivity index (χ2v) is 6.12. The number of carbonyl (C=O) groups is 1. The van der Waals surface area contributed by atoms with Crippen LogP contribution in [0.4, 0.5) is 18.9 Å². The van der Waals surface area contributed by atoms with E-state index in [0.717, 1.165) is 23.3 Å². The molecule has 0 radical (unpaired) electrons. The molecule has 1 N–H and O–H groups in total. The van der Waals surface area contributed by atoms with Gasteiger partial charge in [0.25, 0.3) is 5.91 Å². The van der Waals surface area contributed by atoms with Crippen molar-refractivity contribution in [2.75, 3.05) is 5.32 Å². The van der Waals surface area contributed by atoms with E-state index in [1.165, 1.54) is 13.0 Å². The highest BCUT2D eigenvalue weighted by atomic mass is 35.5. The number of hydrogen-bond donors (Lipinski definition) is 1. The second-order valence-electron chi connectivity index (χ2n) is 5.71. The maximum Gasteiger partial charge on any atom is 0.417 e. The third-order valence-electron chi connectivity index (χ3n) is 3.54. The van der Waals surface area contributed by atoms with Crippen molar-refractivity contribution >= 4 is 23.2 Å². The largest absolute Gasteiger partial charge is 0.481 e. The van der Waals surface area contributed by atoms with E-state index >= 15 is 0 Å². The monoisotopic (exact) mass is 371 g/mol. The van der Waals surface area contributed by atoms with Crippen molar-refractivity contribution in [1.82, 2.24) is 0 Å². The highest BCUT2D eigenvalue weighted by molar-refractivity contribution is 6.31. The fraction of sp³-hybridized carbons (Fsp3) is 0.278. The molecule has 0 aromatic heterocycles. The Bertz CT molecular complexity index is 790. The van der Waals surface area contributed by atoms with Gasteiger partial charge in [-0.25, -0.2) is 0 Å². The quantitative estimate of drug-likeness (QED) is 0.783. The molecule has 0 saturated heterocycles. The van der Waals surface area contributed by atoms with E-state index in [1.807, 2.05) is 26.0 Å². The van der Waals surface area contributed by atoms with Crippen molar-refractivity contribution in [3.63, 3.8) is 0 Å². The van der Waals surface area contributed by atoms with Crippen LogP contribution >= 0.6 is 11.6 Å². The first-order valence-electron chi connectivity index (χ1n) is 7.49. The molecule has 2 aromatic rings. The van der Waals surface area contributed by atoms with Crippen LogP contribution in [0, 0.1) is 13.8 Å². The lowest BCUT2D eigenvalue weighted by atomic mass is 10.1. The van der Waals surface area contributed by atoms with Crippen LogP contribution in [0.3, 0.4) is 0 Å². The van der Waals surface area contributed by atoms with E-state index in [-0.39, 0.29) is 5.69 Å². The molecule has 2 rings (SSSR count). The molecular formula is C18H17ClF3NO2. The number of nitrogens with one attached hydrogen (secondary N) is 1. The molecule has 0 aliphatic carbocycles. The molecule has 0 aliphatic rings. The maximum atomic E-state index is 12.9. The van der Waals surface area contributed by atoms with Crippen molar-refractivity contribution < 1.29 is 22.7 Å². The van der Waals surface area contributed by atoms with Gasteiger partial charge in [-0.1, -0.05) is 29.3 Å². The van der Waals surface area contributed by atoms with Gasteiger partial charge in [-0.05, 0) is 50.6 Å². The molecule has 0 fully saturated rings. The Kier molecular flexibility index (Phi) is 5.62. The number of benzene rings is 2. The minimum Gasteiger partial charge on any atom is -0.481 e. The fourth-order valence-electron chi connectivity index (χ4n) is 2.24. The van der Waals surface area contributed by atoms with Gasteiger partial charge in [0.05, 0.1) is 10.6 Å². The fourth-order valence-corrected chi connectivity index (χ4v) is 2.46. The summed E-state index contributed by atoms with van der Waals surface area (Å²) in [6, 6.07) is 8.70. The predicted octanol–water partition coefficient (Wildman–Crippen LogP) is 5.38. The third-order valence-corrected chi connectivity index (χ3v) is 3.87. The molecule has 134 valence electrons. The number of aryl methyl sites for hydroxylation is 2. The highest BCUT2D eigenvalue weighted by Gasteiger charge is 2.33. The summed E-state index contributed by atoms with van der Waals surface area (Å²) >= 11 is 5.56. The van der Waals surface area contributed by atoms with Crippen LogP contribution in [-0.2, 0) is 11.0 Å². The summed E-state index contributed by atoms with van der Waals surface area (Å²) in [4.78, 5) is 12.2. The predicted molar refractivity (Wildman–Crippen MR) is 91.1 cm³/mol. The lowest BCUT2D eigenvalue weighted by Crippen LogP contribution is -2.30. The van der Waals surface area contributed by atoms with Crippen LogP contribution in [0.2, 0.25) is 5.02 Å². The molecule has 7 heteroatoms. The van der Waals surface area contributed by atoms with E-state index < -0.39 is 28.8 Å². The molecule has 0 heterocycles. The third kappa shape index (κ3) is 4.89. The molecule has 0 spiro atoms. The number of hydrogen-bond acceptors (Lipinski definition) is 2. The Balaban J connectivity index is 2.11. The normalized spacial score (nSPS) is 12.6. The van der Waals surface area contributed by atoms with Crippen LogP contribution < -0.4 is 10.1 Å². The first-order valence-corrected chi connectivity index (χ1v) is 7.87. The molecule has 0 bridgehead atoms. The number of alkyl halides is 3. The van der Waals surface area contributed by atoms with Gasteiger partial charge < -0.3 is 10.1 Å². The standard InChI is InChI=1S/C18H17ClF3NO2/c1-10-4-7-16(11(2)8-10)25-12(3)17(24)23-13-5-6-15(19)14(9-13)18(20,21)22/h4-9,12H,1-3H3,(H,23,24)/t12-/m1/s1. The summed E-state index contributed by atoms with van der Waals surface area (Å²) in [6.07, 6.45) is -5.48. The average molecular weight is 372 g/mol. The summed E-state index contributed by atoms with van der Waals surface area (Å²) < 4.78 is 44.2. The van der Waals surface area contributed by atoms with Crippen LogP contribution in [0.1, 0.15) is 23.6 Å². The lowest BCUT2D eigenvalue weighted by molar-refractivity contribution is -0.137. The minimum absolute atomic E-state index is 0.00203. The van der Waals surface area contributed by atoms with Crippen molar-refractivity contribution in [2.45, 2.75) is 33.1 Å².